The molecule has 1 unspecified atom stereocenters. The Hall–Kier alpha value is -1.22. The van der Waals surface area contributed by atoms with Crippen molar-refractivity contribution in [1.29, 1.82) is 0 Å². The van der Waals surface area contributed by atoms with Crippen LogP contribution in [0.15, 0.2) is 18.2 Å². The minimum atomic E-state index is 0.362. The van der Waals surface area contributed by atoms with Crippen molar-refractivity contribution in [1.82, 2.24) is 5.32 Å². The second kappa shape index (κ2) is 4.53. The van der Waals surface area contributed by atoms with E-state index in [0.717, 1.165) is 25.9 Å². The Bertz CT molecular complexity index is 338. The van der Waals surface area contributed by atoms with E-state index in [1.807, 2.05) is 12.1 Å². The number of hydrogen-bond donors (Lipinski definition) is 3. The van der Waals surface area contributed by atoms with Crippen molar-refractivity contribution in [2.24, 2.45) is 0 Å². The molecule has 0 aromatic heterocycles. The molecule has 0 radical (unpaired) electrons. The molecular formula is C12H18N2O. The third-order valence-corrected chi connectivity index (χ3v) is 2.85. The highest BCUT2D eigenvalue weighted by atomic mass is 16.3. The van der Waals surface area contributed by atoms with Crippen molar-refractivity contribution in [3.63, 3.8) is 0 Å². The minimum absolute atomic E-state index is 0.362. The van der Waals surface area contributed by atoms with E-state index in [1.54, 1.807) is 6.07 Å². The van der Waals surface area contributed by atoms with Crippen LogP contribution in [0, 0.1) is 0 Å². The summed E-state index contributed by atoms with van der Waals surface area (Å²) in [5.41, 5.74) is 2.39. The Morgan fingerprint density at radius 2 is 2.40 bits per heavy atom. The van der Waals surface area contributed by atoms with Gasteiger partial charge in [0.25, 0.3) is 0 Å². The molecule has 3 heteroatoms. The molecule has 0 spiro atoms. The van der Waals surface area contributed by atoms with Crippen LogP contribution in [-0.2, 0) is 6.42 Å². The molecular weight excluding hydrogens is 188 g/mol. The fourth-order valence-corrected chi connectivity index (χ4v) is 2.02. The van der Waals surface area contributed by atoms with Crippen LogP contribution in [0.25, 0.3) is 0 Å². The number of phenolic OH excluding ortho intramolecular Hbond substituents is 1. The number of anilines is 1. The molecule has 3 N–H and O–H groups in total. The van der Waals surface area contributed by atoms with E-state index < -0.39 is 0 Å². The maximum Gasteiger partial charge on any atom is 0.116 e. The number of fused-ring (bicyclic) bond motifs is 1. The van der Waals surface area contributed by atoms with Gasteiger partial charge in [0.2, 0.25) is 0 Å². The normalized spacial score (nSPS) is 19.4. The molecule has 1 aromatic carbocycles. The van der Waals surface area contributed by atoms with Crippen LogP contribution in [0.3, 0.4) is 0 Å². The van der Waals surface area contributed by atoms with E-state index in [-0.39, 0.29) is 0 Å². The van der Waals surface area contributed by atoms with E-state index in [1.165, 1.54) is 11.3 Å². The van der Waals surface area contributed by atoms with Crippen LogP contribution in [-0.4, -0.2) is 24.2 Å². The van der Waals surface area contributed by atoms with E-state index in [2.05, 4.69) is 17.6 Å². The molecule has 0 saturated carbocycles. The largest absolute Gasteiger partial charge is 0.508 e. The van der Waals surface area contributed by atoms with E-state index in [0.29, 0.717) is 11.8 Å². The molecule has 15 heavy (non-hydrogen) atoms. The highest BCUT2D eigenvalue weighted by molar-refractivity contribution is 5.56. The molecule has 0 fully saturated rings. The van der Waals surface area contributed by atoms with Crippen molar-refractivity contribution in [3.05, 3.63) is 23.8 Å². The number of aryl methyl sites for hydroxylation is 1. The van der Waals surface area contributed by atoms with Crippen molar-refractivity contribution in [3.8, 4) is 5.75 Å². The van der Waals surface area contributed by atoms with Crippen LogP contribution >= 0.6 is 0 Å². The minimum Gasteiger partial charge on any atom is -0.508 e. The predicted molar refractivity (Wildman–Crippen MR) is 62.4 cm³/mol. The summed E-state index contributed by atoms with van der Waals surface area (Å²) < 4.78 is 0. The van der Waals surface area contributed by atoms with Gasteiger partial charge in [-0.15, -0.1) is 0 Å². The lowest BCUT2D eigenvalue weighted by molar-refractivity contribution is 0.473. The fourth-order valence-electron chi connectivity index (χ4n) is 2.02. The average molecular weight is 206 g/mol. The Morgan fingerprint density at radius 1 is 1.53 bits per heavy atom. The van der Waals surface area contributed by atoms with Crippen molar-refractivity contribution in [2.75, 3.05) is 18.4 Å². The predicted octanol–water partition coefficient (Wildman–Crippen LogP) is 1.73. The average Bonchev–Trinajstić information content (AvgIpc) is 2.26. The van der Waals surface area contributed by atoms with Crippen molar-refractivity contribution in [2.45, 2.75) is 25.8 Å². The Kier molecular flexibility index (Phi) is 3.11. The zero-order valence-electron chi connectivity index (χ0n) is 9.09. The van der Waals surface area contributed by atoms with Gasteiger partial charge in [-0.3, -0.25) is 0 Å². The molecule has 1 aliphatic heterocycles. The van der Waals surface area contributed by atoms with E-state index in [9.17, 15) is 5.11 Å². The quantitative estimate of drug-likeness (QED) is 0.660. The van der Waals surface area contributed by atoms with Crippen LogP contribution < -0.4 is 10.6 Å². The topological polar surface area (TPSA) is 44.3 Å². The van der Waals surface area contributed by atoms with Gasteiger partial charge in [-0.25, -0.2) is 0 Å². The SMILES string of the molecule is CCNCC1CCc2cc(O)ccc2N1. The molecule has 0 saturated heterocycles. The summed E-state index contributed by atoms with van der Waals surface area (Å²) in [6, 6.07) is 6.07. The van der Waals surface area contributed by atoms with Gasteiger partial charge in [-0.1, -0.05) is 6.92 Å². The lowest BCUT2D eigenvalue weighted by atomic mass is 9.98. The molecule has 1 aromatic rings. The number of nitrogens with one attached hydrogen (secondary N) is 2. The highest BCUT2D eigenvalue weighted by Gasteiger charge is 2.16. The van der Waals surface area contributed by atoms with Gasteiger partial charge in [0.1, 0.15) is 5.75 Å². The lowest BCUT2D eigenvalue weighted by Crippen LogP contribution is -2.35. The summed E-state index contributed by atoms with van der Waals surface area (Å²) in [4.78, 5) is 0. The Balaban J connectivity index is 2.03. The van der Waals surface area contributed by atoms with Crippen molar-refractivity contribution >= 4 is 5.69 Å². The summed E-state index contributed by atoms with van der Waals surface area (Å²) >= 11 is 0. The highest BCUT2D eigenvalue weighted by Crippen LogP contribution is 2.27. The summed E-state index contributed by atoms with van der Waals surface area (Å²) in [5, 5.41) is 16.2. The summed E-state index contributed by atoms with van der Waals surface area (Å²) in [7, 11) is 0. The number of aromatic hydroxyl groups is 1. The van der Waals surface area contributed by atoms with Gasteiger partial charge < -0.3 is 15.7 Å². The smallest absolute Gasteiger partial charge is 0.116 e. The number of rotatable bonds is 3. The molecule has 2 rings (SSSR count). The van der Waals surface area contributed by atoms with Crippen LogP contribution in [0.5, 0.6) is 5.75 Å². The molecule has 1 aliphatic rings. The standard InChI is InChI=1S/C12H18N2O/c1-2-13-8-10-4-3-9-7-11(15)5-6-12(9)14-10/h5-7,10,13-15H,2-4,8H2,1H3. The first kappa shape index (κ1) is 10.3. The van der Waals surface area contributed by atoms with E-state index in [4.69, 9.17) is 0 Å². The fraction of sp³-hybridized carbons (Fsp3) is 0.500. The third kappa shape index (κ3) is 2.42. The van der Waals surface area contributed by atoms with Gasteiger partial charge >= 0.3 is 0 Å². The van der Waals surface area contributed by atoms with Crippen LogP contribution in [0.4, 0.5) is 5.69 Å². The summed E-state index contributed by atoms with van der Waals surface area (Å²) in [5.74, 6) is 0.362. The first-order valence-corrected chi connectivity index (χ1v) is 5.58. The molecule has 82 valence electrons. The molecule has 1 atom stereocenters. The first-order valence-electron chi connectivity index (χ1n) is 5.58. The second-order valence-corrected chi connectivity index (χ2v) is 4.03. The first-order chi connectivity index (χ1) is 7.29. The lowest BCUT2D eigenvalue weighted by Gasteiger charge is -2.27. The zero-order valence-corrected chi connectivity index (χ0v) is 9.09. The van der Waals surface area contributed by atoms with Crippen LogP contribution in [0.1, 0.15) is 18.9 Å². The number of hydrogen-bond acceptors (Lipinski definition) is 3. The van der Waals surface area contributed by atoms with Crippen molar-refractivity contribution < 1.29 is 5.11 Å². The monoisotopic (exact) mass is 206 g/mol. The van der Waals surface area contributed by atoms with Gasteiger partial charge in [-0.2, -0.15) is 0 Å². The number of benzene rings is 1. The summed E-state index contributed by atoms with van der Waals surface area (Å²) in [6.45, 7) is 4.15. The van der Waals surface area contributed by atoms with Gasteiger partial charge in [0.05, 0.1) is 0 Å². The third-order valence-electron chi connectivity index (χ3n) is 2.85. The van der Waals surface area contributed by atoms with Gasteiger partial charge in [-0.05, 0) is 43.1 Å². The molecule has 3 nitrogen and oxygen atoms in total. The zero-order chi connectivity index (χ0) is 10.7. The Labute approximate surface area is 90.5 Å². The maximum absolute atomic E-state index is 9.36. The van der Waals surface area contributed by atoms with E-state index >= 15 is 0 Å². The van der Waals surface area contributed by atoms with Crippen LogP contribution in [0.2, 0.25) is 0 Å². The molecule has 0 amide bonds. The second-order valence-electron chi connectivity index (χ2n) is 4.03. The molecule has 0 aliphatic carbocycles. The maximum atomic E-state index is 9.36. The van der Waals surface area contributed by atoms with Gasteiger partial charge in [0, 0.05) is 18.3 Å². The molecule has 1 heterocycles. The number of likely N-dealkylation sites (N-methyl/N-ethyl adjacent to an activating group) is 1. The van der Waals surface area contributed by atoms with Gasteiger partial charge in [0.15, 0.2) is 0 Å². The molecule has 0 bridgehead atoms. The number of phenols is 1. The summed E-state index contributed by atoms with van der Waals surface area (Å²) in [6.07, 6.45) is 2.18. The Morgan fingerprint density at radius 3 is 3.20 bits per heavy atom.